The van der Waals surface area contributed by atoms with Crippen molar-refractivity contribution in [1.82, 2.24) is 0 Å². The summed E-state index contributed by atoms with van der Waals surface area (Å²) in [6, 6.07) is 6.30. The highest BCUT2D eigenvalue weighted by atomic mass is 32.2. The molecule has 1 fully saturated rings. The van der Waals surface area contributed by atoms with Crippen molar-refractivity contribution in [3.8, 4) is 0 Å². The van der Waals surface area contributed by atoms with Crippen LogP contribution in [0.3, 0.4) is 0 Å². The molecule has 22 heavy (non-hydrogen) atoms. The van der Waals surface area contributed by atoms with Crippen molar-refractivity contribution < 1.29 is 17.9 Å². The second-order valence-corrected chi connectivity index (χ2v) is 8.52. The molecule has 0 aromatic heterocycles. The summed E-state index contributed by atoms with van der Waals surface area (Å²) in [7, 11) is -3.35. The van der Waals surface area contributed by atoms with Crippen LogP contribution in [0.25, 0.3) is 0 Å². The first-order chi connectivity index (χ1) is 10.4. The van der Waals surface area contributed by atoms with Crippen molar-refractivity contribution in [2.75, 3.05) is 23.9 Å². The maximum atomic E-state index is 12.3. The predicted molar refractivity (Wildman–Crippen MR) is 89.1 cm³/mol. The molecule has 0 bridgehead atoms. The predicted octanol–water partition coefficient (Wildman–Crippen LogP) is 2.33. The summed E-state index contributed by atoms with van der Waals surface area (Å²) in [4.78, 5) is 12.1. The highest BCUT2D eigenvalue weighted by Crippen LogP contribution is 2.21. The Morgan fingerprint density at radius 1 is 1.41 bits per heavy atom. The van der Waals surface area contributed by atoms with Gasteiger partial charge < -0.3 is 10.1 Å². The first-order valence-corrected chi connectivity index (χ1v) is 10.1. The Kier molecular flexibility index (Phi) is 5.88. The van der Waals surface area contributed by atoms with Gasteiger partial charge in [0.15, 0.2) is 9.84 Å². The van der Waals surface area contributed by atoms with Crippen LogP contribution >= 0.6 is 11.8 Å². The minimum absolute atomic E-state index is 0.0161. The van der Waals surface area contributed by atoms with Crippen LogP contribution in [0.5, 0.6) is 0 Å². The van der Waals surface area contributed by atoms with Crippen molar-refractivity contribution in [1.29, 1.82) is 0 Å². The van der Waals surface area contributed by atoms with Gasteiger partial charge in [0, 0.05) is 12.3 Å². The molecule has 0 unspecified atom stereocenters. The number of carbonyl (C=O) groups is 1. The molecule has 0 saturated carbocycles. The minimum atomic E-state index is -3.35. The molecule has 122 valence electrons. The molecule has 1 saturated heterocycles. The van der Waals surface area contributed by atoms with Gasteiger partial charge in [0.2, 0.25) is 5.91 Å². The fourth-order valence-electron chi connectivity index (χ4n) is 2.21. The van der Waals surface area contributed by atoms with E-state index < -0.39 is 9.84 Å². The van der Waals surface area contributed by atoms with Gasteiger partial charge in [-0.05, 0) is 50.3 Å². The SMILES string of the molecule is CS[C@@H](C)C(=O)Nc1ccc(S(=O)(=O)C[C@H]2CCCO2)cc1. The van der Waals surface area contributed by atoms with Crippen LogP contribution in [0.15, 0.2) is 29.2 Å². The number of carbonyl (C=O) groups excluding carboxylic acids is 1. The topological polar surface area (TPSA) is 72.5 Å². The summed E-state index contributed by atoms with van der Waals surface area (Å²) in [5.41, 5.74) is 0.599. The smallest absolute Gasteiger partial charge is 0.237 e. The number of amides is 1. The number of anilines is 1. The Hall–Kier alpha value is -1.05. The van der Waals surface area contributed by atoms with Crippen molar-refractivity contribution >= 4 is 33.2 Å². The van der Waals surface area contributed by atoms with Gasteiger partial charge in [-0.3, -0.25) is 4.79 Å². The molecule has 1 aliphatic rings. The first-order valence-electron chi connectivity index (χ1n) is 7.20. The lowest BCUT2D eigenvalue weighted by molar-refractivity contribution is -0.115. The molecule has 1 amide bonds. The van der Waals surface area contributed by atoms with Crippen LogP contribution in [-0.2, 0) is 19.4 Å². The van der Waals surface area contributed by atoms with E-state index in [0.29, 0.717) is 12.3 Å². The molecule has 7 heteroatoms. The number of thioether (sulfide) groups is 1. The lowest BCUT2D eigenvalue weighted by atomic mass is 10.3. The van der Waals surface area contributed by atoms with Crippen LogP contribution in [0.1, 0.15) is 19.8 Å². The maximum absolute atomic E-state index is 12.3. The third kappa shape index (κ3) is 4.47. The largest absolute Gasteiger partial charge is 0.377 e. The summed E-state index contributed by atoms with van der Waals surface area (Å²) in [6.45, 7) is 2.46. The fourth-order valence-corrected chi connectivity index (χ4v) is 3.98. The lowest BCUT2D eigenvalue weighted by Gasteiger charge is -2.12. The Morgan fingerprint density at radius 2 is 2.09 bits per heavy atom. The van der Waals surface area contributed by atoms with E-state index >= 15 is 0 Å². The minimum Gasteiger partial charge on any atom is -0.377 e. The van der Waals surface area contributed by atoms with Crippen LogP contribution in [0, 0.1) is 0 Å². The summed E-state index contributed by atoms with van der Waals surface area (Å²) in [5, 5.41) is 2.62. The van der Waals surface area contributed by atoms with E-state index in [1.807, 2.05) is 13.2 Å². The molecule has 2 atom stereocenters. The van der Waals surface area contributed by atoms with Crippen LogP contribution in [0.2, 0.25) is 0 Å². The molecule has 1 aromatic rings. The van der Waals surface area contributed by atoms with Gasteiger partial charge in [-0.15, -0.1) is 0 Å². The average Bonchev–Trinajstić information content (AvgIpc) is 2.99. The molecule has 0 radical (unpaired) electrons. The molecule has 5 nitrogen and oxygen atoms in total. The highest BCUT2D eigenvalue weighted by Gasteiger charge is 2.24. The lowest BCUT2D eigenvalue weighted by Crippen LogP contribution is -2.22. The van der Waals surface area contributed by atoms with E-state index in [1.165, 1.54) is 23.9 Å². The molecule has 2 rings (SSSR count). The monoisotopic (exact) mass is 343 g/mol. The Labute approximate surface area is 135 Å². The van der Waals surface area contributed by atoms with E-state index in [-0.39, 0.29) is 27.9 Å². The van der Waals surface area contributed by atoms with Gasteiger partial charge in [0.05, 0.1) is 22.0 Å². The van der Waals surface area contributed by atoms with E-state index in [1.54, 1.807) is 12.1 Å². The quantitative estimate of drug-likeness (QED) is 0.858. The molecule has 1 aromatic carbocycles. The molecule has 1 N–H and O–H groups in total. The summed E-state index contributed by atoms with van der Waals surface area (Å²) < 4.78 is 30.0. The van der Waals surface area contributed by atoms with Crippen molar-refractivity contribution in [2.45, 2.75) is 36.0 Å². The number of nitrogens with one attached hydrogen (secondary N) is 1. The summed E-state index contributed by atoms with van der Waals surface area (Å²) >= 11 is 1.46. The average molecular weight is 343 g/mol. The van der Waals surface area contributed by atoms with Crippen LogP contribution in [-0.4, -0.2) is 44.3 Å². The third-order valence-corrected chi connectivity index (χ3v) is 6.36. The van der Waals surface area contributed by atoms with Gasteiger partial charge in [0.25, 0.3) is 0 Å². The maximum Gasteiger partial charge on any atom is 0.237 e. The number of hydrogen-bond donors (Lipinski definition) is 1. The Bertz CT molecular complexity index is 607. The second-order valence-electron chi connectivity index (χ2n) is 5.31. The number of hydrogen-bond acceptors (Lipinski definition) is 5. The number of sulfone groups is 1. The summed E-state index contributed by atoms with van der Waals surface area (Å²) in [6.07, 6.45) is 3.37. The number of ether oxygens (including phenoxy) is 1. The number of benzene rings is 1. The van der Waals surface area contributed by atoms with E-state index in [4.69, 9.17) is 4.74 Å². The normalized spacial score (nSPS) is 19.8. The second kappa shape index (κ2) is 7.48. The van der Waals surface area contributed by atoms with Gasteiger partial charge in [0.1, 0.15) is 0 Å². The van der Waals surface area contributed by atoms with E-state index in [9.17, 15) is 13.2 Å². The van der Waals surface area contributed by atoms with E-state index in [2.05, 4.69) is 5.32 Å². The molecule has 1 heterocycles. The zero-order valence-electron chi connectivity index (χ0n) is 12.7. The van der Waals surface area contributed by atoms with E-state index in [0.717, 1.165) is 12.8 Å². The van der Waals surface area contributed by atoms with Crippen molar-refractivity contribution in [3.05, 3.63) is 24.3 Å². The Morgan fingerprint density at radius 3 is 2.64 bits per heavy atom. The van der Waals surface area contributed by atoms with Crippen molar-refractivity contribution in [2.24, 2.45) is 0 Å². The molecule has 1 aliphatic heterocycles. The highest BCUT2D eigenvalue weighted by molar-refractivity contribution is 7.99. The number of rotatable bonds is 6. The zero-order valence-corrected chi connectivity index (χ0v) is 14.4. The van der Waals surface area contributed by atoms with Crippen LogP contribution in [0.4, 0.5) is 5.69 Å². The Balaban J connectivity index is 2.03. The van der Waals surface area contributed by atoms with Gasteiger partial charge in [-0.25, -0.2) is 8.42 Å². The first kappa shape index (κ1) is 17.3. The summed E-state index contributed by atoms with van der Waals surface area (Å²) in [5.74, 6) is -0.0789. The standard InChI is InChI=1S/C15H21NO4S2/c1-11(21-2)15(17)16-12-5-7-14(8-6-12)22(18,19)10-13-4-3-9-20-13/h5-8,11,13H,3-4,9-10H2,1-2H3,(H,16,17)/t11-,13+/m0/s1. The zero-order chi connectivity index (χ0) is 16.2. The molecular weight excluding hydrogens is 322 g/mol. The van der Waals surface area contributed by atoms with Gasteiger partial charge >= 0.3 is 0 Å². The molecule has 0 aliphatic carbocycles. The van der Waals surface area contributed by atoms with Crippen molar-refractivity contribution in [3.63, 3.8) is 0 Å². The van der Waals surface area contributed by atoms with Gasteiger partial charge in [-0.2, -0.15) is 11.8 Å². The third-order valence-electron chi connectivity index (χ3n) is 3.63. The molecular formula is C15H21NO4S2. The van der Waals surface area contributed by atoms with Crippen LogP contribution < -0.4 is 5.32 Å². The molecule has 0 spiro atoms. The van der Waals surface area contributed by atoms with Gasteiger partial charge in [-0.1, -0.05) is 0 Å². The fraction of sp³-hybridized carbons (Fsp3) is 0.533.